The van der Waals surface area contributed by atoms with Crippen molar-refractivity contribution in [2.45, 2.75) is 24.3 Å². The number of allylic oxidation sites excluding steroid dienone is 1. The summed E-state index contributed by atoms with van der Waals surface area (Å²) in [5, 5.41) is 16.7. The summed E-state index contributed by atoms with van der Waals surface area (Å²) in [7, 11) is -3.51. The summed E-state index contributed by atoms with van der Waals surface area (Å²) in [6.45, 7) is 5.77. The molecule has 0 aliphatic carbocycles. The summed E-state index contributed by atoms with van der Waals surface area (Å²) in [4.78, 5) is 19.4. The lowest BCUT2D eigenvalue weighted by atomic mass is 10.1. The largest absolute Gasteiger partial charge is 0.378 e. The maximum Gasteiger partial charge on any atom is 0.261 e. The number of sulfone groups is 1. The topological polar surface area (TPSA) is 136 Å². The van der Waals surface area contributed by atoms with E-state index in [1.165, 1.54) is 6.21 Å². The van der Waals surface area contributed by atoms with Crippen LogP contribution >= 0.6 is 0 Å². The van der Waals surface area contributed by atoms with Crippen molar-refractivity contribution >= 4 is 45.2 Å². The van der Waals surface area contributed by atoms with Gasteiger partial charge in [0.25, 0.3) is 5.91 Å². The highest BCUT2D eigenvalue weighted by molar-refractivity contribution is 7.91. The minimum absolute atomic E-state index is 0.0253. The summed E-state index contributed by atoms with van der Waals surface area (Å²) >= 11 is 0. The first-order chi connectivity index (χ1) is 15.2. The highest BCUT2D eigenvalue weighted by atomic mass is 32.2. The maximum absolute atomic E-state index is 13.1. The zero-order valence-electron chi connectivity index (χ0n) is 17.9. The van der Waals surface area contributed by atoms with Gasteiger partial charge in [0, 0.05) is 37.3 Å². The molecule has 170 valence electrons. The Morgan fingerprint density at radius 3 is 2.72 bits per heavy atom. The minimum atomic E-state index is -3.51. The average molecular weight is 459 g/mol. The Morgan fingerprint density at radius 2 is 2.06 bits per heavy atom. The second kappa shape index (κ2) is 8.40. The number of amides is 1. The summed E-state index contributed by atoms with van der Waals surface area (Å²) in [5.74, 6) is -0.294. The Kier molecular flexibility index (Phi) is 5.78. The van der Waals surface area contributed by atoms with Gasteiger partial charge in [-0.1, -0.05) is 0 Å². The van der Waals surface area contributed by atoms with Crippen molar-refractivity contribution in [2.75, 3.05) is 47.6 Å². The van der Waals surface area contributed by atoms with Crippen LogP contribution < -0.4 is 20.9 Å². The Hall–Kier alpha value is -3.18. The monoisotopic (exact) mass is 458 g/mol. The van der Waals surface area contributed by atoms with Crippen LogP contribution in [0.15, 0.2) is 45.7 Å². The van der Waals surface area contributed by atoms with Crippen LogP contribution in [0.3, 0.4) is 0 Å². The molecule has 4 rings (SSSR count). The molecule has 4 N–H and O–H groups in total. The Balaban J connectivity index is 1.78. The molecule has 0 aromatic heterocycles. The van der Waals surface area contributed by atoms with Crippen LogP contribution in [-0.4, -0.2) is 64.3 Å². The molecule has 1 fully saturated rings. The van der Waals surface area contributed by atoms with Gasteiger partial charge in [-0.3, -0.25) is 4.79 Å². The molecule has 10 nitrogen and oxygen atoms in total. The highest BCUT2D eigenvalue weighted by Crippen LogP contribution is 2.40. The first-order valence-electron chi connectivity index (χ1n) is 10.2. The predicted octanol–water partition coefficient (Wildman–Crippen LogP) is 1.49. The SMILES string of the molecule is CC1(C)CS(=O)(=O)c2cc(N3CCOCC3)c(NC(=O)/C(C=N)=C3\N=CC=CN3)cc2N1. The van der Waals surface area contributed by atoms with Crippen molar-refractivity contribution in [3.63, 3.8) is 0 Å². The molecule has 1 saturated heterocycles. The molecule has 0 bridgehead atoms. The lowest BCUT2D eigenvalue weighted by molar-refractivity contribution is -0.112. The molecule has 3 heterocycles. The van der Waals surface area contributed by atoms with Crippen molar-refractivity contribution in [3.8, 4) is 0 Å². The highest BCUT2D eigenvalue weighted by Gasteiger charge is 2.36. The molecule has 0 atom stereocenters. The molecule has 0 saturated carbocycles. The molecule has 32 heavy (non-hydrogen) atoms. The standard InChI is InChI=1S/C21H26N6O4S/c1-21(2)13-32(29,30)18-11-17(27-6-8-31-9-7-27)15(10-16(18)26-21)25-20(28)14(12-22)19-23-4-3-5-24-19/h3-5,10-12,22-23,26H,6-9,13H2,1-2H3,(H,25,28)/b19-14-,22-12?. The number of nitrogens with one attached hydrogen (secondary N) is 4. The third kappa shape index (κ3) is 4.39. The number of aliphatic imine (C=N–C) groups is 1. The van der Waals surface area contributed by atoms with Gasteiger partial charge >= 0.3 is 0 Å². The molecule has 0 unspecified atom stereocenters. The number of fused-ring (bicyclic) bond motifs is 1. The molecule has 0 spiro atoms. The number of carbonyl (C=O) groups is 1. The van der Waals surface area contributed by atoms with Gasteiger partial charge in [0.15, 0.2) is 9.84 Å². The normalized spacial score (nSPS) is 22.2. The number of rotatable bonds is 4. The van der Waals surface area contributed by atoms with Crippen molar-refractivity contribution in [1.29, 1.82) is 5.41 Å². The summed E-state index contributed by atoms with van der Waals surface area (Å²) in [6.07, 6.45) is 5.76. The van der Waals surface area contributed by atoms with Gasteiger partial charge in [0.05, 0.1) is 46.5 Å². The van der Waals surface area contributed by atoms with Gasteiger partial charge < -0.3 is 31.0 Å². The second-order valence-electron chi connectivity index (χ2n) is 8.38. The first kappa shape index (κ1) is 22.0. The van der Waals surface area contributed by atoms with Crippen LogP contribution in [0.2, 0.25) is 0 Å². The van der Waals surface area contributed by atoms with Crippen LogP contribution in [0.5, 0.6) is 0 Å². The number of ether oxygens (including phenoxy) is 1. The molecule has 3 aliphatic heterocycles. The molecule has 1 aromatic rings. The van der Waals surface area contributed by atoms with E-state index in [1.807, 2.05) is 18.7 Å². The van der Waals surface area contributed by atoms with E-state index in [0.29, 0.717) is 43.4 Å². The van der Waals surface area contributed by atoms with Crippen LogP contribution in [0, 0.1) is 5.41 Å². The smallest absolute Gasteiger partial charge is 0.261 e. The maximum atomic E-state index is 13.1. The molecular formula is C21H26N6O4S. The lowest BCUT2D eigenvalue weighted by Crippen LogP contribution is -2.43. The Labute approximate surface area is 186 Å². The van der Waals surface area contributed by atoms with Crippen molar-refractivity contribution < 1.29 is 17.9 Å². The van der Waals surface area contributed by atoms with E-state index in [-0.39, 0.29) is 22.0 Å². The van der Waals surface area contributed by atoms with E-state index >= 15 is 0 Å². The Bertz CT molecular complexity index is 1150. The van der Waals surface area contributed by atoms with E-state index < -0.39 is 21.3 Å². The van der Waals surface area contributed by atoms with E-state index in [0.717, 1.165) is 6.21 Å². The van der Waals surface area contributed by atoms with Crippen molar-refractivity contribution in [2.24, 2.45) is 4.99 Å². The number of benzene rings is 1. The fourth-order valence-electron chi connectivity index (χ4n) is 3.95. The van der Waals surface area contributed by atoms with E-state index in [9.17, 15) is 13.2 Å². The van der Waals surface area contributed by atoms with Gasteiger partial charge in [-0.2, -0.15) is 0 Å². The third-order valence-electron chi connectivity index (χ3n) is 5.31. The van der Waals surface area contributed by atoms with Crippen molar-refractivity contribution in [3.05, 3.63) is 35.8 Å². The molecule has 11 heteroatoms. The Morgan fingerprint density at radius 1 is 1.31 bits per heavy atom. The fraction of sp³-hybridized carbons (Fsp3) is 0.381. The first-order valence-corrected chi connectivity index (χ1v) is 11.9. The van der Waals surface area contributed by atoms with Crippen LogP contribution in [0.25, 0.3) is 0 Å². The van der Waals surface area contributed by atoms with Gasteiger partial charge in [-0.05, 0) is 32.1 Å². The minimum Gasteiger partial charge on any atom is -0.378 e. The molecule has 0 radical (unpaired) electrons. The zero-order valence-corrected chi connectivity index (χ0v) is 18.8. The summed E-state index contributed by atoms with van der Waals surface area (Å²) in [5.41, 5.74) is 0.889. The predicted molar refractivity (Wildman–Crippen MR) is 124 cm³/mol. The molecule has 1 aromatic carbocycles. The fourth-order valence-corrected chi connectivity index (χ4v) is 5.86. The number of hydrogen-bond donors (Lipinski definition) is 4. The average Bonchev–Trinajstić information content (AvgIpc) is 2.74. The molecule has 3 aliphatic rings. The lowest BCUT2D eigenvalue weighted by Gasteiger charge is -2.36. The van der Waals surface area contributed by atoms with E-state index in [2.05, 4.69) is 20.9 Å². The number of hydrogen-bond acceptors (Lipinski definition) is 9. The van der Waals surface area contributed by atoms with Gasteiger partial charge in [-0.25, -0.2) is 13.4 Å². The number of carbonyl (C=O) groups excluding carboxylic acids is 1. The van der Waals surface area contributed by atoms with Gasteiger partial charge in [0.1, 0.15) is 5.82 Å². The van der Waals surface area contributed by atoms with Crippen LogP contribution in [0.4, 0.5) is 17.1 Å². The molecular weight excluding hydrogens is 432 g/mol. The molecule has 1 amide bonds. The van der Waals surface area contributed by atoms with Crippen LogP contribution in [-0.2, 0) is 19.4 Å². The zero-order chi connectivity index (χ0) is 22.9. The number of anilines is 3. The van der Waals surface area contributed by atoms with E-state index in [4.69, 9.17) is 10.1 Å². The number of morpholine rings is 1. The summed E-state index contributed by atoms with van der Waals surface area (Å²) < 4.78 is 31.4. The van der Waals surface area contributed by atoms with Gasteiger partial charge in [-0.15, -0.1) is 0 Å². The van der Waals surface area contributed by atoms with Crippen LogP contribution in [0.1, 0.15) is 13.8 Å². The second-order valence-corrected chi connectivity index (χ2v) is 10.3. The third-order valence-corrected chi connectivity index (χ3v) is 7.42. The number of nitrogens with zero attached hydrogens (tertiary/aromatic N) is 2. The quantitative estimate of drug-likeness (QED) is 0.396. The van der Waals surface area contributed by atoms with E-state index in [1.54, 1.807) is 24.4 Å². The van der Waals surface area contributed by atoms with Crippen molar-refractivity contribution in [1.82, 2.24) is 5.32 Å². The van der Waals surface area contributed by atoms with Gasteiger partial charge in [0.2, 0.25) is 0 Å². The summed E-state index contributed by atoms with van der Waals surface area (Å²) in [6, 6.07) is 3.27.